The Kier molecular flexibility index (Phi) is 3.87. The number of esters is 1. The quantitative estimate of drug-likeness (QED) is 0.643. The fourth-order valence-corrected chi connectivity index (χ4v) is 2.00. The largest absolute Gasteiger partial charge is 0.493 e. The molecule has 0 radical (unpaired) electrons. The average molecular weight is 249 g/mol. The summed E-state index contributed by atoms with van der Waals surface area (Å²) in [6.45, 7) is 1.37. The summed E-state index contributed by atoms with van der Waals surface area (Å²) < 4.78 is 10.3. The molecule has 0 spiro atoms. The molecule has 0 aliphatic heterocycles. The summed E-state index contributed by atoms with van der Waals surface area (Å²) in [4.78, 5) is 11.0. The van der Waals surface area contributed by atoms with Crippen LogP contribution in [0.15, 0.2) is 18.2 Å². The van der Waals surface area contributed by atoms with Crippen LogP contribution in [0.1, 0.15) is 37.8 Å². The Hall–Kier alpha value is -1.55. The molecule has 0 unspecified atom stereocenters. The lowest BCUT2D eigenvalue weighted by atomic mass is 10.0. The maximum absolute atomic E-state index is 11.0. The molecule has 1 aliphatic rings. The van der Waals surface area contributed by atoms with Gasteiger partial charge in [0.2, 0.25) is 0 Å². The van der Waals surface area contributed by atoms with Gasteiger partial charge in [-0.15, -0.1) is 0 Å². The minimum Gasteiger partial charge on any atom is -0.493 e. The van der Waals surface area contributed by atoms with Gasteiger partial charge in [-0.05, 0) is 30.0 Å². The Balaban J connectivity index is 2.14. The normalized spacial score (nSPS) is 16.2. The van der Waals surface area contributed by atoms with Crippen molar-refractivity contribution in [3.63, 3.8) is 0 Å². The van der Waals surface area contributed by atoms with Gasteiger partial charge >= 0.3 is 5.97 Å². The minimum atomic E-state index is -0.358. The van der Waals surface area contributed by atoms with Gasteiger partial charge in [0.15, 0.2) is 11.5 Å². The summed E-state index contributed by atoms with van der Waals surface area (Å²) in [6, 6.07) is 5.51. The zero-order valence-electron chi connectivity index (χ0n) is 10.8. The van der Waals surface area contributed by atoms with Crippen molar-refractivity contribution in [2.75, 3.05) is 7.11 Å². The van der Waals surface area contributed by atoms with Crippen molar-refractivity contribution >= 4 is 5.97 Å². The molecule has 4 heteroatoms. The lowest BCUT2D eigenvalue weighted by Gasteiger charge is -2.14. The highest BCUT2D eigenvalue weighted by atomic mass is 16.6. The van der Waals surface area contributed by atoms with E-state index in [9.17, 15) is 4.79 Å². The van der Waals surface area contributed by atoms with E-state index in [0.717, 1.165) is 17.9 Å². The van der Waals surface area contributed by atoms with Gasteiger partial charge in [-0.25, -0.2) is 0 Å². The highest BCUT2D eigenvalue weighted by Crippen LogP contribution is 2.38. The van der Waals surface area contributed by atoms with Gasteiger partial charge in [-0.3, -0.25) is 4.79 Å². The van der Waals surface area contributed by atoms with Crippen molar-refractivity contribution in [1.29, 1.82) is 0 Å². The smallest absolute Gasteiger partial charge is 0.308 e. The van der Waals surface area contributed by atoms with Crippen molar-refractivity contribution < 1.29 is 14.3 Å². The van der Waals surface area contributed by atoms with Gasteiger partial charge in [-0.2, -0.15) is 0 Å². The predicted octanol–water partition coefficient (Wildman–Crippen LogP) is 2.42. The Labute approximate surface area is 107 Å². The van der Waals surface area contributed by atoms with Crippen LogP contribution in [0.3, 0.4) is 0 Å². The minimum absolute atomic E-state index is 0.0257. The summed E-state index contributed by atoms with van der Waals surface area (Å²) in [5.41, 5.74) is 7.17. The second-order valence-corrected chi connectivity index (χ2v) is 4.79. The zero-order chi connectivity index (χ0) is 13.1. The molecular formula is C14H19NO3. The second-order valence-electron chi connectivity index (χ2n) is 4.79. The molecule has 1 aromatic rings. The Bertz CT molecular complexity index is 441. The molecule has 0 heterocycles. The van der Waals surface area contributed by atoms with E-state index in [0.29, 0.717) is 11.5 Å². The summed E-state index contributed by atoms with van der Waals surface area (Å²) in [5.74, 6) is 1.41. The van der Waals surface area contributed by atoms with Crippen LogP contribution in [0, 0.1) is 5.92 Å². The molecular weight excluding hydrogens is 230 g/mol. The Morgan fingerprint density at radius 3 is 2.72 bits per heavy atom. The van der Waals surface area contributed by atoms with Crippen molar-refractivity contribution in [3.05, 3.63) is 23.8 Å². The topological polar surface area (TPSA) is 61.6 Å². The first-order chi connectivity index (χ1) is 8.60. The number of benzene rings is 1. The van der Waals surface area contributed by atoms with Crippen LogP contribution in [-0.2, 0) is 4.79 Å². The van der Waals surface area contributed by atoms with Crippen LogP contribution < -0.4 is 15.2 Å². The number of carbonyl (C=O) groups is 1. The van der Waals surface area contributed by atoms with E-state index in [2.05, 4.69) is 0 Å². The van der Waals surface area contributed by atoms with Crippen LogP contribution in [0.4, 0.5) is 0 Å². The highest BCUT2D eigenvalue weighted by Gasteiger charge is 2.25. The van der Waals surface area contributed by atoms with Crippen molar-refractivity contribution in [2.45, 2.75) is 32.2 Å². The molecule has 1 aromatic carbocycles. The van der Waals surface area contributed by atoms with E-state index in [1.165, 1.54) is 19.8 Å². The van der Waals surface area contributed by atoms with E-state index in [1.54, 1.807) is 13.2 Å². The Morgan fingerprint density at radius 2 is 2.17 bits per heavy atom. The molecule has 2 N–H and O–H groups in total. The summed E-state index contributed by atoms with van der Waals surface area (Å²) in [7, 11) is 1.55. The third kappa shape index (κ3) is 3.23. The molecule has 98 valence electrons. The SMILES string of the molecule is COc1cc([C@H](N)CC2CC2)ccc1OC(C)=O. The molecule has 4 nitrogen and oxygen atoms in total. The molecule has 18 heavy (non-hydrogen) atoms. The highest BCUT2D eigenvalue weighted by molar-refractivity contribution is 5.70. The third-order valence-corrected chi connectivity index (χ3v) is 3.15. The maximum Gasteiger partial charge on any atom is 0.308 e. The molecule has 2 rings (SSSR count). The van der Waals surface area contributed by atoms with Gasteiger partial charge < -0.3 is 15.2 Å². The maximum atomic E-state index is 11.0. The number of carbonyl (C=O) groups excluding carboxylic acids is 1. The lowest BCUT2D eigenvalue weighted by Crippen LogP contribution is -2.11. The first-order valence-electron chi connectivity index (χ1n) is 6.22. The summed E-state index contributed by atoms with van der Waals surface area (Å²) in [6.07, 6.45) is 3.59. The van der Waals surface area contributed by atoms with Gasteiger partial charge in [0.1, 0.15) is 0 Å². The standard InChI is InChI=1S/C14H19NO3/c1-9(16)18-13-6-5-11(8-14(13)17-2)12(15)7-10-3-4-10/h5-6,8,10,12H,3-4,7,15H2,1-2H3/t12-/m1/s1. The third-order valence-electron chi connectivity index (χ3n) is 3.15. The molecule has 1 atom stereocenters. The number of ether oxygens (including phenoxy) is 2. The van der Waals surface area contributed by atoms with Crippen LogP contribution in [0.5, 0.6) is 11.5 Å². The van der Waals surface area contributed by atoms with E-state index in [1.807, 2.05) is 12.1 Å². The number of hydrogen-bond acceptors (Lipinski definition) is 4. The fourth-order valence-electron chi connectivity index (χ4n) is 2.00. The number of methoxy groups -OCH3 is 1. The summed E-state index contributed by atoms with van der Waals surface area (Å²) in [5, 5.41) is 0. The van der Waals surface area contributed by atoms with Crippen LogP contribution in [0.2, 0.25) is 0 Å². The van der Waals surface area contributed by atoms with Crippen LogP contribution in [-0.4, -0.2) is 13.1 Å². The van der Waals surface area contributed by atoms with E-state index < -0.39 is 0 Å². The van der Waals surface area contributed by atoms with Gasteiger partial charge in [-0.1, -0.05) is 18.9 Å². The fraction of sp³-hybridized carbons (Fsp3) is 0.500. The molecule has 0 amide bonds. The first-order valence-corrected chi connectivity index (χ1v) is 6.22. The molecule has 1 aliphatic carbocycles. The van der Waals surface area contributed by atoms with E-state index in [-0.39, 0.29) is 12.0 Å². The number of rotatable bonds is 5. The molecule has 0 bridgehead atoms. The van der Waals surface area contributed by atoms with Crippen LogP contribution >= 0.6 is 0 Å². The molecule has 1 fully saturated rings. The van der Waals surface area contributed by atoms with Crippen LogP contribution in [0.25, 0.3) is 0 Å². The van der Waals surface area contributed by atoms with Gasteiger partial charge in [0, 0.05) is 13.0 Å². The van der Waals surface area contributed by atoms with Crippen molar-refractivity contribution in [2.24, 2.45) is 11.7 Å². The van der Waals surface area contributed by atoms with Gasteiger partial charge in [0.25, 0.3) is 0 Å². The molecule has 0 saturated heterocycles. The predicted molar refractivity (Wildman–Crippen MR) is 68.6 cm³/mol. The Morgan fingerprint density at radius 1 is 1.44 bits per heavy atom. The van der Waals surface area contributed by atoms with E-state index in [4.69, 9.17) is 15.2 Å². The summed E-state index contributed by atoms with van der Waals surface area (Å²) >= 11 is 0. The van der Waals surface area contributed by atoms with Gasteiger partial charge in [0.05, 0.1) is 7.11 Å². The second kappa shape index (κ2) is 5.40. The lowest BCUT2D eigenvalue weighted by molar-refractivity contribution is -0.132. The average Bonchev–Trinajstić information content (AvgIpc) is 3.12. The van der Waals surface area contributed by atoms with Crippen molar-refractivity contribution in [1.82, 2.24) is 0 Å². The van der Waals surface area contributed by atoms with E-state index >= 15 is 0 Å². The number of hydrogen-bond donors (Lipinski definition) is 1. The first kappa shape index (κ1) is 12.9. The zero-order valence-corrected chi connectivity index (χ0v) is 10.8. The van der Waals surface area contributed by atoms with Crippen molar-refractivity contribution in [3.8, 4) is 11.5 Å². The number of nitrogens with two attached hydrogens (primary N) is 1. The monoisotopic (exact) mass is 249 g/mol. The molecule has 0 aromatic heterocycles. The molecule has 1 saturated carbocycles.